The molecule has 0 radical (unpaired) electrons. The summed E-state index contributed by atoms with van der Waals surface area (Å²) in [6.45, 7) is 0. The van der Waals surface area contributed by atoms with Crippen LogP contribution in [0, 0.1) is 0 Å². The number of benzene rings is 1. The van der Waals surface area contributed by atoms with E-state index in [0.29, 0.717) is 16.7 Å². The second-order valence-corrected chi connectivity index (χ2v) is 4.24. The molecule has 21 heavy (non-hydrogen) atoms. The van der Waals surface area contributed by atoms with Crippen LogP contribution in [0.2, 0.25) is 0 Å². The Hall–Kier alpha value is -2.90. The first-order valence-electron chi connectivity index (χ1n) is 6.01. The lowest BCUT2D eigenvalue weighted by Gasteiger charge is -2.14. The Morgan fingerprint density at radius 2 is 2.10 bits per heavy atom. The molecule has 0 aliphatic heterocycles. The number of carboxylic acid groups (broad SMARTS) is 2. The van der Waals surface area contributed by atoms with E-state index in [4.69, 9.17) is 14.9 Å². The Kier molecular flexibility index (Phi) is 4.17. The molecule has 0 spiro atoms. The van der Waals surface area contributed by atoms with Crippen LogP contribution in [-0.4, -0.2) is 45.3 Å². The fraction of sp³-hybridized carbons (Fsp3) is 0.231. The van der Waals surface area contributed by atoms with Gasteiger partial charge >= 0.3 is 11.9 Å². The van der Waals surface area contributed by atoms with E-state index >= 15 is 0 Å². The van der Waals surface area contributed by atoms with Crippen molar-refractivity contribution in [3.63, 3.8) is 0 Å². The van der Waals surface area contributed by atoms with Gasteiger partial charge in [0.1, 0.15) is 23.9 Å². The molecule has 0 amide bonds. The number of hydrogen-bond acceptors (Lipinski definition) is 6. The first kappa shape index (κ1) is 14.5. The molecule has 0 saturated heterocycles. The summed E-state index contributed by atoms with van der Waals surface area (Å²) in [5.41, 5.74) is 0.591. The van der Waals surface area contributed by atoms with Crippen molar-refractivity contribution in [2.24, 2.45) is 0 Å². The highest BCUT2D eigenvalue weighted by Crippen LogP contribution is 2.24. The number of aromatic nitrogens is 2. The van der Waals surface area contributed by atoms with Gasteiger partial charge in [-0.1, -0.05) is 0 Å². The van der Waals surface area contributed by atoms with Gasteiger partial charge in [-0.25, -0.2) is 14.8 Å². The van der Waals surface area contributed by atoms with Gasteiger partial charge < -0.3 is 20.3 Å². The van der Waals surface area contributed by atoms with Crippen molar-refractivity contribution in [3.8, 4) is 5.75 Å². The number of hydrogen-bond donors (Lipinski definition) is 3. The predicted octanol–water partition coefficient (Wildman–Crippen LogP) is 0.978. The van der Waals surface area contributed by atoms with Crippen molar-refractivity contribution >= 4 is 28.7 Å². The second kappa shape index (κ2) is 6.04. The molecule has 0 bridgehead atoms. The molecule has 2 rings (SSSR count). The highest BCUT2D eigenvalue weighted by atomic mass is 16.5. The fourth-order valence-electron chi connectivity index (χ4n) is 1.82. The third-order valence-corrected chi connectivity index (χ3v) is 2.83. The maximum absolute atomic E-state index is 11.1. The molecule has 8 heteroatoms. The Bertz CT molecular complexity index is 689. The minimum Gasteiger partial charge on any atom is -0.497 e. The van der Waals surface area contributed by atoms with Gasteiger partial charge in [0.15, 0.2) is 0 Å². The average molecular weight is 291 g/mol. The quantitative estimate of drug-likeness (QED) is 0.720. The second-order valence-electron chi connectivity index (χ2n) is 4.24. The van der Waals surface area contributed by atoms with Gasteiger partial charge in [0.05, 0.1) is 19.0 Å². The predicted molar refractivity (Wildman–Crippen MR) is 73.4 cm³/mol. The van der Waals surface area contributed by atoms with Gasteiger partial charge in [0, 0.05) is 5.39 Å². The van der Waals surface area contributed by atoms with Crippen molar-refractivity contribution in [2.45, 2.75) is 12.5 Å². The number of carboxylic acids is 2. The van der Waals surface area contributed by atoms with Crippen LogP contribution in [0.3, 0.4) is 0 Å². The van der Waals surface area contributed by atoms with Gasteiger partial charge in [0.25, 0.3) is 0 Å². The van der Waals surface area contributed by atoms with Crippen molar-refractivity contribution in [3.05, 3.63) is 24.5 Å². The SMILES string of the molecule is COc1ccc2ncnc(NC(CC(=O)O)C(=O)O)c2c1. The molecule has 1 aromatic carbocycles. The maximum Gasteiger partial charge on any atom is 0.326 e. The Labute approximate surface area is 119 Å². The minimum absolute atomic E-state index is 0.243. The molecule has 0 saturated carbocycles. The van der Waals surface area contributed by atoms with E-state index < -0.39 is 24.4 Å². The molecule has 8 nitrogen and oxygen atoms in total. The van der Waals surface area contributed by atoms with Crippen LogP contribution in [-0.2, 0) is 9.59 Å². The van der Waals surface area contributed by atoms with Crippen LogP contribution in [0.1, 0.15) is 6.42 Å². The van der Waals surface area contributed by atoms with Crippen molar-refractivity contribution in [1.29, 1.82) is 0 Å². The third-order valence-electron chi connectivity index (χ3n) is 2.83. The van der Waals surface area contributed by atoms with E-state index in [1.165, 1.54) is 13.4 Å². The summed E-state index contributed by atoms with van der Waals surface area (Å²) >= 11 is 0. The molecule has 1 heterocycles. The smallest absolute Gasteiger partial charge is 0.326 e. The number of anilines is 1. The number of rotatable bonds is 6. The van der Waals surface area contributed by atoms with Crippen molar-refractivity contribution in [2.75, 3.05) is 12.4 Å². The zero-order valence-corrected chi connectivity index (χ0v) is 11.1. The lowest BCUT2D eigenvalue weighted by molar-refractivity contribution is -0.144. The molecule has 0 fully saturated rings. The number of methoxy groups -OCH3 is 1. The summed E-state index contributed by atoms with van der Waals surface area (Å²) in [5, 5.41) is 21.0. The van der Waals surface area contributed by atoms with Crippen molar-refractivity contribution < 1.29 is 24.5 Å². The lowest BCUT2D eigenvalue weighted by Crippen LogP contribution is -2.32. The summed E-state index contributed by atoms with van der Waals surface area (Å²) < 4.78 is 5.10. The van der Waals surface area contributed by atoms with Gasteiger partial charge in [-0.2, -0.15) is 0 Å². The van der Waals surface area contributed by atoms with E-state index in [1.54, 1.807) is 18.2 Å². The molecule has 0 aliphatic rings. The lowest BCUT2D eigenvalue weighted by atomic mass is 10.2. The molecule has 1 atom stereocenters. The normalized spacial score (nSPS) is 11.9. The number of fused-ring (bicyclic) bond motifs is 1. The average Bonchev–Trinajstić information content (AvgIpc) is 2.45. The highest BCUT2D eigenvalue weighted by molar-refractivity contribution is 5.92. The zero-order chi connectivity index (χ0) is 15.4. The topological polar surface area (TPSA) is 122 Å². The van der Waals surface area contributed by atoms with Crippen LogP contribution in [0.15, 0.2) is 24.5 Å². The monoisotopic (exact) mass is 291 g/mol. The number of nitrogens with zero attached hydrogens (tertiary/aromatic N) is 2. The highest BCUT2D eigenvalue weighted by Gasteiger charge is 2.22. The first-order chi connectivity index (χ1) is 10.0. The molecule has 1 unspecified atom stereocenters. The first-order valence-corrected chi connectivity index (χ1v) is 6.01. The van der Waals surface area contributed by atoms with Crippen LogP contribution >= 0.6 is 0 Å². The van der Waals surface area contributed by atoms with Crippen LogP contribution in [0.4, 0.5) is 5.82 Å². The molecular formula is C13H13N3O5. The van der Waals surface area contributed by atoms with E-state index in [0.717, 1.165) is 0 Å². The number of nitrogens with one attached hydrogen (secondary N) is 1. The minimum atomic E-state index is -1.29. The summed E-state index contributed by atoms with van der Waals surface area (Å²) in [6, 6.07) is 3.78. The Morgan fingerprint density at radius 1 is 1.33 bits per heavy atom. The van der Waals surface area contributed by atoms with Crippen LogP contribution in [0.25, 0.3) is 10.9 Å². The maximum atomic E-state index is 11.1. The van der Waals surface area contributed by atoms with Gasteiger partial charge in [-0.15, -0.1) is 0 Å². The van der Waals surface area contributed by atoms with Crippen molar-refractivity contribution in [1.82, 2.24) is 9.97 Å². The van der Waals surface area contributed by atoms with Gasteiger partial charge in [-0.05, 0) is 18.2 Å². The Morgan fingerprint density at radius 3 is 2.71 bits per heavy atom. The summed E-state index contributed by atoms with van der Waals surface area (Å²) in [6.07, 6.45) is 0.710. The largest absolute Gasteiger partial charge is 0.497 e. The van der Waals surface area contributed by atoms with Crippen LogP contribution in [0.5, 0.6) is 5.75 Å². The molecule has 3 N–H and O–H groups in total. The molecule has 1 aromatic heterocycles. The molecule has 110 valence electrons. The van der Waals surface area contributed by atoms with E-state index in [1.807, 2.05) is 0 Å². The molecule has 2 aromatic rings. The fourth-order valence-corrected chi connectivity index (χ4v) is 1.82. The van der Waals surface area contributed by atoms with E-state index in [2.05, 4.69) is 15.3 Å². The van der Waals surface area contributed by atoms with E-state index in [-0.39, 0.29) is 5.82 Å². The Balaban J connectivity index is 2.40. The summed E-state index contributed by atoms with van der Waals surface area (Å²) in [7, 11) is 1.50. The van der Waals surface area contributed by atoms with Gasteiger partial charge in [0.2, 0.25) is 0 Å². The zero-order valence-electron chi connectivity index (χ0n) is 11.1. The molecular weight excluding hydrogens is 278 g/mol. The summed E-state index contributed by atoms with van der Waals surface area (Å²) in [4.78, 5) is 29.9. The van der Waals surface area contributed by atoms with Gasteiger partial charge in [-0.3, -0.25) is 4.79 Å². The number of carbonyl (C=O) groups is 2. The third kappa shape index (κ3) is 3.35. The standard InChI is InChI=1S/C13H13N3O5/c1-21-7-2-3-9-8(4-7)12(15-6-14-9)16-10(13(19)20)5-11(17)18/h2-4,6,10H,5H2,1H3,(H,17,18)(H,19,20)(H,14,15,16). The van der Waals surface area contributed by atoms with E-state index in [9.17, 15) is 9.59 Å². The number of aliphatic carboxylic acids is 2. The number of ether oxygens (including phenoxy) is 1. The summed E-state index contributed by atoms with van der Waals surface area (Å²) in [5.74, 6) is -1.68. The molecule has 0 aliphatic carbocycles. The van der Waals surface area contributed by atoms with Crippen LogP contribution < -0.4 is 10.1 Å².